The molecule has 1 amide bonds. The third kappa shape index (κ3) is 4.47. The smallest absolute Gasteiger partial charge is 0.255 e. The minimum atomic E-state index is -3.02. The second kappa shape index (κ2) is 7.96. The summed E-state index contributed by atoms with van der Waals surface area (Å²) in [6.07, 6.45) is 6.02. The zero-order chi connectivity index (χ0) is 17.7. The number of nitrogens with zero attached hydrogens (tertiary/aromatic N) is 3. The SMILES string of the molecule is CCCCN(C)c1cncc(C(=O)N(CC)C2CCS(=O)(=O)C2)c1. The van der Waals surface area contributed by atoms with E-state index in [2.05, 4.69) is 16.8 Å². The average Bonchev–Trinajstić information content (AvgIpc) is 2.93. The highest BCUT2D eigenvalue weighted by Crippen LogP contribution is 2.21. The Kier molecular flexibility index (Phi) is 6.21. The summed E-state index contributed by atoms with van der Waals surface area (Å²) >= 11 is 0. The topological polar surface area (TPSA) is 70.6 Å². The third-order valence-electron chi connectivity index (χ3n) is 4.51. The molecule has 0 bridgehead atoms. The van der Waals surface area contributed by atoms with Crippen molar-refractivity contribution in [3.8, 4) is 0 Å². The van der Waals surface area contributed by atoms with Gasteiger partial charge in [-0.15, -0.1) is 0 Å². The lowest BCUT2D eigenvalue weighted by Gasteiger charge is -2.27. The third-order valence-corrected chi connectivity index (χ3v) is 6.26. The quantitative estimate of drug-likeness (QED) is 0.749. The van der Waals surface area contributed by atoms with Crippen LogP contribution in [0.5, 0.6) is 0 Å². The van der Waals surface area contributed by atoms with Crippen molar-refractivity contribution in [2.24, 2.45) is 0 Å². The lowest BCUT2D eigenvalue weighted by atomic mass is 10.1. The van der Waals surface area contributed by atoms with Crippen LogP contribution in [0.1, 0.15) is 43.5 Å². The van der Waals surface area contributed by atoms with Crippen LogP contribution >= 0.6 is 0 Å². The maximum atomic E-state index is 12.8. The minimum absolute atomic E-state index is 0.0656. The number of aromatic nitrogens is 1. The van der Waals surface area contributed by atoms with Crippen molar-refractivity contribution in [1.82, 2.24) is 9.88 Å². The van der Waals surface area contributed by atoms with Gasteiger partial charge in [-0.3, -0.25) is 9.78 Å². The van der Waals surface area contributed by atoms with Gasteiger partial charge in [0.05, 0.1) is 29.0 Å². The summed E-state index contributed by atoms with van der Waals surface area (Å²) in [5, 5.41) is 0. The van der Waals surface area contributed by atoms with E-state index in [0.717, 1.165) is 25.1 Å². The van der Waals surface area contributed by atoms with E-state index in [0.29, 0.717) is 18.5 Å². The summed E-state index contributed by atoms with van der Waals surface area (Å²) < 4.78 is 23.4. The number of amides is 1. The Morgan fingerprint density at radius 1 is 1.33 bits per heavy atom. The van der Waals surface area contributed by atoms with Crippen LogP contribution in [0.15, 0.2) is 18.5 Å². The van der Waals surface area contributed by atoms with Crippen LogP contribution in [0.25, 0.3) is 0 Å². The first-order valence-electron chi connectivity index (χ1n) is 8.55. The van der Waals surface area contributed by atoms with Crippen LogP contribution in [-0.4, -0.2) is 61.9 Å². The predicted octanol–water partition coefficient (Wildman–Crippen LogP) is 1.97. The number of hydrogen-bond donors (Lipinski definition) is 0. The molecule has 1 unspecified atom stereocenters. The first-order valence-corrected chi connectivity index (χ1v) is 10.4. The molecule has 6 nitrogen and oxygen atoms in total. The number of unbranched alkanes of at least 4 members (excludes halogenated alkanes) is 1. The van der Waals surface area contributed by atoms with Gasteiger partial charge in [-0.1, -0.05) is 13.3 Å². The normalized spacial score (nSPS) is 19.2. The maximum absolute atomic E-state index is 12.8. The molecule has 1 saturated heterocycles. The molecule has 1 aliphatic heterocycles. The molecular formula is C17H27N3O3S. The van der Waals surface area contributed by atoms with Gasteiger partial charge in [0.25, 0.3) is 5.91 Å². The molecule has 0 aliphatic carbocycles. The molecule has 0 saturated carbocycles. The van der Waals surface area contributed by atoms with E-state index in [1.807, 2.05) is 20.0 Å². The molecule has 2 heterocycles. The predicted molar refractivity (Wildman–Crippen MR) is 96.2 cm³/mol. The van der Waals surface area contributed by atoms with Gasteiger partial charge in [0.1, 0.15) is 0 Å². The number of carbonyl (C=O) groups is 1. The van der Waals surface area contributed by atoms with Gasteiger partial charge in [0, 0.05) is 32.4 Å². The summed E-state index contributed by atoms with van der Waals surface area (Å²) in [4.78, 5) is 20.8. The lowest BCUT2D eigenvalue weighted by Crippen LogP contribution is -2.41. The molecule has 7 heteroatoms. The molecular weight excluding hydrogens is 326 g/mol. The highest BCUT2D eigenvalue weighted by atomic mass is 32.2. The number of rotatable bonds is 7. The molecule has 0 N–H and O–H groups in total. The summed E-state index contributed by atoms with van der Waals surface area (Å²) in [5.74, 6) is 0.0909. The monoisotopic (exact) mass is 353 g/mol. The fourth-order valence-electron chi connectivity index (χ4n) is 3.03. The van der Waals surface area contributed by atoms with Gasteiger partial charge < -0.3 is 9.80 Å². The number of sulfone groups is 1. The van der Waals surface area contributed by atoms with Crippen molar-refractivity contribution in [2.45, 2.75) is 39.2 Å². The van der Waals surface area contributed by atoms with Gasteiger partial charge in [-0.05, 0) is 25.8 Å². The largest absolute Gasteiger partial charge is 0.373 e. The molecule has 134 valence electrons. The minimum Gasteiger partial charge on any atom is -0.373 e. The van der Waals surface area contributed by atoms with Crippen LogP contribution in [0.2, 0.25) is 0 Å². The average molecular weight is 353 g/mol. The van der Waals surface area contributed by atoms with Crippen molar-refractivity contribution in [3.63, 3.8) is 0 Å². The zero-order valence-corrected chi connectivity index (χ0v) is 15.6. The van der Waals surface area contributed by atoms with Crippen molar-refractivity contribution >= 4 is 21.4 Å². The highest BCUT2D eigenvalue weighted by molar-refractivity contribution is 7.91. The molecule has 1 fully saturated rings. The molecule has 1 atom stereocenters. The summed E-state index contributed by atoms with van der Waals surface area (Å²) in [5.41, 5.74) is 1.42. The Bertz CT molecular complexity index is 675. The fraction of sp³-hybridized carbons (Fsp3) is 0.647. The van der Waals surface area contributed by atoms with Gasteiger partial charge in [0.15, 0.2) is 9.84 Å². The molecule has 1 aliphatic rings. The number of hydrogen-bond acceptors (Lipinski definition) is 5. The van der Waals surface area contributed by atoms with Crippen molar-refractivity contribution in [3.05, 3.63) is 24.0 Å². The summed E-state index contributed by atoms with van der Waals surface area (Å²) in [6.45, 7) is 5.43. The first-order chi connectivity index (χ1) is 11.4. The molecule has 0 radical (unpaired) electrons. The standard InChI is InChI=1S/C17H27N3O3S/c1-4-6-8-19(3)16-10-14(11-18-12-16)17(21)20(5-2)15-7-9-24(22,23)13-15/h10-12,15H,4-9,13H2,1-3H3. The number of anilines is 1. The van der Waals surface area contributed by atoms with E-state index >= 15 is 0 Å². The fourth-order valence-corrected chi connectivity index (χ4v) is 4.76. The van der Waals surface area contributed by atoms with E-state index in [1.54, 1.807) is 17.3 Å². The lowest BCUT2D eigenvalue weighted by molar-refractivity contribution is 0.0708. The summed E-state index contributed by atoms with van der Waals surface area (Å²) in [7, 11) is -1.03. The Morgan fingerprint density at radius 2 is 2.08 bits per heavy atom. The molecule has 1 aromatic heterocycles. The second-order valence-electron chi connectivity index (χ2n) is 6.35. The number of pyridine rings is 1. The molecule has 2 rings (SSSR count). The second-order valence-corrected chi connectivity index (χ2v) is 8.58. The highest BCUT2D eigenvalue weighted by Gasteiger charge is 2.34. The van der Waals surface area contributed by atoms with E-state index in [4.69, 9.17) is 0 Å². The number of carbonyl (C=O) groups excluding carboxylic acids is 1. The van der Waals surface area contributed by atoms with E-state index in [9.17, 15) is 13.2 Å². The van der Waals surface area contributed by atoms with Crippen LogP contribution in [0.3, 0.4) is 0 Å². The molecule has 0 aromatic carbocycles. The van der Waals surface area contributed by atoms with Crippen molar-refractivity contribution in [2.75, 3.05) is 36.5 Å². The van der Waals surface area contributed by atoms with E-state index in [1.165, 1.54) is 0 Å². The van der Waals surface area contributed by atoms with Crippen LogP contribution in [-0.2, 0) is 9.84 Å². The van der Waals surface area contributed by atoms with Gasteiger partial charge in [-0.2, -0.15) is 0 Å². The van der Waals surface area contributed by atoms with Crippen LogP contribution in [0, 0.1) is 0 Å². The first kappa shape index (κ1) is 18.7. The molecule has 24 heavy (non-hydrogen) atoms. The zero-order valence-electron chi connectivity index (χ0n) is 14.7. The van der Waals surface area contributed by atoms with Crippen molar-refractivity contribution < 1.29 is 13.2 Å². The molecule has 0 spiro atoms. The van der Waals surface area contributed by atoms with Gasteiger partial charge in [-0.25, -0.2) is 8.42 Å². The molecule has 1 aromatic rings. The van der Waals surface area contributed by atoms with Gasteiger partial charge >= 0.3 is 0 Å². The maximum Gasteiger partial charge on any atom is 0.255 e. The Morgan fingerprint density at radius 3 is 2.67 bits per heavy atom. The van der Waals surface area contributed by atoms with Crippen LogP contribution in [0.4, 0.5) is 5.69 Å². The van der Waals surface area contributed by atoms with E-state index < -0.39 is 9.84 Å². The van der Waals surface area contributed by atoms with E-state index in [-0.39, 0.29) is 23.5 Å². The Labute approximate surface area is 144 Å². The Balaban J connectivity index is 2.16. The van der Waals surface area contributed by atoms with Crippen LogP contribution < -0.4 is 4.90 Å². The van der Waals surface area contributed by atoms with Gasteiger partial charge in [0.2, 0.25) is 0 Å². The van der Waals surface area contributed by atoms with Crippen molar-refractivity contribution in [1.29, 1.82) is 0 Å². The summed E-state index contributed by atoms with van der Waals surface area (Å²) in [6, 6.07) is 1.62. The Hall–Kier alpha value is -1.63.